The summed E-state index contributed by atoms with van der Waals surface area (Å²) in [5.74, 6) is -0.344. The fraction of sp³-hybridized carbons (Fsp3) is 0.444. The molecule has 2 rings (SSSR count). The minimum atomic E-state index is -4.58. The summed E-state index contributed by atoms with van der Waals surface area (Å²) < 4.78 is 45.0. The van der Waals surface area contributed by atoms with Crippen molar-refractivity contribution in [2.75, 3.05) is 18.1 Å². The number of benzene rings is 1. The van der Waals surface area contributed by atoms with Gasteiger partial charge in [-0.3, -0.25) is 0 Å². The summed E-state index contributed by atoms with van der Waals surface area (Å²) in [4.78, 5) is 9.57. The van der Waals surface area contributed by atoms with Crippen LogP contribution >= 0.6 is 11.6 Å². The lowest BCUT2D eigenvalue weighted by Crippen LogP contribution is -2.21. The summed E-state index contributed by atoms with van der Waals surface area (Å²) >= 11 is 6.20. The first-order chi connectivity index (χ1) is 12.4. The maximum absolute atomic E-state index is 13.2. The van der Waals surface area contributed by atoms with Crippen molar-refractivity contribution in [3.63, 3.8) is 0 Å². The Morgan fingerprint density at radius 2 is 1.88 bits per heavy atom. The van der Waals surface area contributed by atoms with Crippen molar-refractivity contribution >= 4 is 23.2 Å². The minimum Gasteiger partial charge on any atom is -0.477 e. The zero-order valence-corrected chi connectivity index (χ0v) is 15.4. The summed E-state index contributed by atoms with van der Waals surface area (Å²) in [7, 11) is 0. The third-order valence-electron chi connectivity index (χ3n) is 3.73. The van der Waals surface area contributed by atoms with Crippen LogP contribution < -0.4 is 9.64 Å². The Labute approximate surface area is 156 Å². The highest BCUT2D eigenvalue weighted by Gasteiger charge is 2.36. The SMILES string of the molecule is CCCCCOc1nc(N(CC)c2ccccc2Cl)ncc1C(F)(F)F. The van der Waals surface area contributed by atoms with E-state index in [9.17, 15) is 13.2 Å². The first-order valence-electron chi connectivity index (χ1n) is 8.47. The molecule has 0 atom stereocenters. The van der Waals surface area contributed by atoms with Gasteiger partial charge < -0.3 is 9.64 Å². The van der Waals surface area contributed by atoms with Gasteiger partial charge in [-0.1, -0.05) is 43.5 Å². The van der Waals surface area contributed by atoms with E-state index in [1.807, 2.05) is 13.8 Å². The van der Waals surface area contributed by atoms with E-state index in [0.29, 0.717) is 23.7 Å². The Kier molecular flexibility index (Phi) is 7.08. The average Bonchev–Trinajstić information content (AvgIpc) is 2.60. The quantitative estimate of drug-likeness (QED) is 0.530. The third kappa shape index (κ3) is 5.00. The van der Waals surface area contributed by atoms with Crippen LogP contribution in [0.15, 0.2) is 30.5 Å². The fourth-order valence-electron chi connectivity index (χ4n) is 2.40. The van der Waals surface area contributed by atoms with Crippen molar-refractivity contribution in [1.82, 2.24) is 9.97 Å². The molecular weight excluding hydrogens is 367 g/mol. The zero-order chi connectivity index (χ0) is 19.2. The molecule has 1 aromatic heterocycles. The Hall–Kier alpha value is -2.02. The molecule has 2 aromatic rings. The van der Waals surface area contributed by atoms with Gasteiger partial charge in [-0.05, 0) is 25.5 Å². The maximum atomic E-state index is 13.2. The standard InChI is InChI=1S/C18H21ClF3N3O/c1-3-5-8-11-26-16-13(18(20,21)22)12-23-17(24-16)25(4-2)15-10-7-6-9-14(15)19/h6-7,9-10,12H,3-5,8,11H2,1-2H3. The zero-order valence-electron chi connectivity index (χ0n) is 14.7. The van der Waals surface area contributed by atoms with Gasteiger partial charge in [-0.2, -0.15) is 18.2 Å². The third-order valence-corrected chi connectivity index (χ3v) is 4.05. The van der Waals surface area contributed by atoms with Gasteiger partial charge in [0.15, 0.2) is 0 Å². The van der Waals surface area contributed by atoms with E-state index < -0.39 is 17.6 Å². The first kappa shape index (κ1) is 20.3. The van der Waals surface area contributed by atoms with E-state index in [4.69, 9.17) is 16.3 Å². The lowest BCUT2D eigenvalue weighted by Gasteiger charge is -2.23. The molecule has 0 aliphatic carbocycles. The van der Waals surface area contributed by atoms with Gasteiger partial charge in [0.25, 0.3) is 0 Å². The van der Waals surface area contributed by atoms with Crippen LogP contribution in [0.3, 0.4) is 0 Å². The highest BCUT2D eigenvalue weighted by Crippen LogP contribution is 2.37. The number of halogens is 4. The number of rotatable bonds is 8. The second kappa shape index (κ2) is 9.07. The second-order valence-electron chi connectivity index (χ2n) is 5.64. The highest BCUT2D eigenvalue weighted by atomic mass is 35.5. The molecule has 1 heterocycles. The number of aromatic nitrogens is 2. The number of hydrogen-bond acceptors (Lipinski definition) is 4. The smallest absolute Gasteiger partial charge is 0.423 e. The molecule has 0 aliphatic rings. The van der Waals surface area contributed by atoms with Gasteiger partial charge in [-0.15, -0.1) is 0 Å². The molecule has 0 unspecified atom stereocenters. The van der Waals surface area contributed by atoms with Crippen LogP contribution in [0.2, 0.25) is 5.02 Å². The molecule has 0 saturated heterocycles. The van der Waals surface area contributed by atoms with Gasteiger partial charge >= 0.3 is 6.18 Å². The molecule has 0 spiro atoms. The van der Waals surface area contributed by atoms with Crippen LogP contribution in [0.25, 0.3) is 0 Å². The largest absolute Gasteiger partial charge is 0.477 e. The summed E-state index contributed by atoms with van der Waals surface area (Å²) in [6.07, 6.45) is -1.34. The number of hydrogen-bond donors (Lipinski definition) is 0. The molecule has 8 heteroatoms. The van der Waals surface area contributed by atoms with Crippen LogP contribution in [0, 0.1) is 0 Å². The Morgan fingerprint density at radius 1 is 1.15 bits per heavy atom. The average molecular weight is 388 g/mol. The first-order valence-corrected chi connectivity index (χ1v) is 8.85. The van der Waals surface area contributed by atoms with E-state index in [2.05, 4.69) is 9.97 Å². The van der Waals surface area contributed by atoms with E-state index in [-0.39, 0.29) is 12.6 Å². The molecule has 0 saturated carbocycles. The van der Waals surface area contributed by atoms with Gasteiger partial charge in [0, 0.05) is 12.7 Å². The molecule has 0 radical (unpaired) electrons. The predicted molar refractivity (Wildman–Crippen MR) is 96.2 cm³/mol. The van der Waals surface area contributed by atoms with Crippen molar-refractivity contribution in [3.8, 4) is 5.88 Å². The van der Waals surface area contributed by atoms with E-state index >= 15 is 0 Å². The van der Waals surface area contributed by atoms with E-state index in [1.165, 1.54) is 0 Å². The van der Waals surface area contributed by atoms with Gasteiger partial charge in [0.05, 0.1) is 17.3 Å². The summed E-state index contributed by atoms with van der Waals surface area (Å²) in [5, 5.41) is 0.461. The minimum absolute atomic E-state index is 0.110. The fourth-order valence-corrected chi connectivity index (χ4v) is 2.64. The van der Waals surface area contributed by atoms with Crippen LogP contribution in [0.5, 0.6) is 5.88 Å². The topological polar surface area (TPSA) is 38.2 Å². The van der Waals surface area contributed by atoms with E-state index in [0.717, 1.165) is 19.0 Å². The van der Waals surface area contributed by atoms with Gasteiger partial charge in [0.1, 0.15) is 5.56 Å². The van der Waals surface area contributed by atoms with Crippen LogP contribution in [0.1, 0.15) is 38.7 Å². The lowest BCUT2D eigenvalue weighted by atomic mass is 10.2. The normalized spacial score (nSPS) is 11.5. The van der Waals surface area contributed by atoms with Gasteiger partial charge in [0.2, 0.25) is 11.8 Å². The number of anilines is 2. The Bertz CT molecular complexity index is 725. The van der Waals surface area contributed by atoms with Crippen molar-refractivity contribution in [2.24, 2.45) is 0 Å². The number of para-hydroxylation sites is 1. The lowest BCUT2D eigenvalue weighted by molar-refractivity contribution is -0.139. The van der Waals surface area contributed by atoms with Crippen LogP contribution in [-0.2, 0) is 6.18 Å². The number of nitrogens with zero attached hydrogens (tertiary/aromatic N) is 3. The van der Waals surface area contributed by atoms with E-state index in [1.54, 1.807) is 29.2 Å². The van der Waals surface area contributed by atoms with Crippen molar-refractivity contribution in [3.05, 3.63) is 41.0 Å². The Balaban J connectivity index is 2.38. The predicted octanol–water partition coefficient (Wildman–Crippen LogP) is 5.88. The van der Waals surface area contributed by atoms with Crippen molar-refractivity contribution in [1.29, 1.82) is 0 Å². The number of alkyl halides is 3. The summed E-state index contributed by atoms with van der Waals surface area (Å²) in [6, 6.07) is 7.02. The maximum Gasteiger partial charge on any atom is 0.423 e. The Morgan fingerprint density at radius 3 is 2.50 bits per heavy atom. The molecule has 0 amide bonds. The molecule has 4 nitrogen and oxygen atoms in total. The number of unbranched alkanes of at least 4 members (excludes halogenated alkanes) is 2. The molecule has 0 aliphatic heterocycles. The summed E-state index contributed by atoms with van der Waals surface area (Å²) in [6.45, 7) is 4.45. The second-order valence-corrected chi connectivity index (χ2v) is 6.05. The van der Waals surface area contributed by atoms with Gasteiger partial charge in [-0.25, -0.2) is 4.98 Å². The molecule has 0 bridgehead atoms. The molecule has 142 valence electrons. The number of ether oxygens (including phenoxy) is 1. The van der Waals surface area contributed by atoms with Crippen LogP contribution in [-0.4, -0.2) is 23.1 Å². The summed E-state index contributed by atoms with van der Waals surface area (Å²) in [5.41, 5.74) is -0.360. The molecule has 1 aromatic carbocycles. The highest BCUT2D eigenvalue weighted by molar-refractivity contribution is 6.33. The van der Waals surface area contributed by atoms with Crippen LogP contribution in [0.4, 0.5) is 24.8 Å². The monoisotopic (exact) mass is 387 g/mol. The van der Waals surface area contributed by atoms with Crippen molar-refractivity contribution in [2.45, 2.75) is 39.3 Å². The van der Waals surface area contributed by atoms with Crippen molar-refractivity contribution < 1.29 is 17.9 Å². The molecular formula is C18H21ClF3N3O. The molecule has 0 N–H and O–H groups in total. The molecule has 0 fully saturated rings. The molecule has 26 heavy (non-hydrogen) atoms.